The van der Waals surface area contributed by atoms with Gasteiger partial charge in [0, 0.05) is 0 Å². The van der Waals surface area contributed by atoms with Crippen LogP contribution in [0.4, 0.5) is 0 Å². The zero-order chi connectivity index (χ0) is 8.41. The zero-order valence-electron chi connectivity index (χ0n) is 4.50. The average molecular weight is 212 g/mol. The Balaban J connectivity index is 0. The molecule has 0 aromatic carbocycles. The molecule has 0 radical (unpaired) electrons. The summed E-state index contributed by atoms with van der Waals surface area (Å²) in [5.74, 6) is 0. The van der Waals surface area contributed by atoms with Crippen molar-refractivity contribution in [3.63, 3.8) is 0 Å². The van der Waals surface area contributed by atoms with Crippen LogP contribution in [0.3, 0.4) is 0 Å². The summed E-state index contributed by atoms with van der Waals surface area (Å²) in [6.45, 7) is 0. The molecule has 0 unspecified atom stereocenters. The first kappa shape index (κ1) is 14.1. The molecule has 0 aliphatic rings. The van der Waals surface area contributed by atoms with Gasteiger partial charge in [-0.3, -0.25) is 9.11 Å². The van der Waals surface area contributed by atoms with Gasteiger partial charge in [-0.1, -0.05) is 0 Å². The van der Waals surface area contributed by atoms with E-state index in [9.17, 15) is 16.8 Å². The summed E-state index contributed by atoms with van der Waals surface area (Å²) < 4.78 is 54.9. The van der Waals surface area contributed by atoms with Gasteiger partial charge in [0.1, 0.15) is 0 Å². The zero-order valence-corrected chi connectivity index (χ0v) is 6.13. The van der Waals surface area contributed by atoms with Crippen molar-refractivity contribution in [3.8, 4) is 0 Å². The van der Waals surface area contributed by atoms with E-state index in [0.717, 1.165) is 0 Å². The molecule has 6 nitrogen and oxygen atoms in total. The van der Waals surface area contributed by atoms with Crippen molar-refractivity contribution in [3.05, 3.63) is 10.8 Å². The minimum absolute atomic E-state index is 0. The molecule has 0 heterocycles. The summed E-state index contributed by atoms with van der Waals surface area (Å²) in [6.07, 6.45) is 0. The van der Waals surface area contributed by atoms with E-state index in [2.05, 4.69) is 0 Å². The van der Waals surface area contributed by atoms with Gasteiger partial charge in [-0.25, -0.2) is 0 Å². The van der Waals surface area contributed by atoms with Crippen LogP contribution >= 0.6 is 0 Å². The van der Waals surface area contributed by atoms with Gasteiger partial charge in [0.25, 0.3) is 20.2 Å². The van der Waals surface area contributed by atoms with Crippen molar-refractivity contribution in [1.29, 1.82) is 0 Å². The quantitative estimate of drug-likeness (QED) is 0.429. The molecule has 0 spiro atoms. The Labute approximate surface area is 86.1 Å². The summed E-state index contributed by atoms with van der Waals surface area (Å²) in [5, 5.41) is -0.0787. The molecule has 0 atom stereocenters. The van der Waals surface area contributed by atoms with Crippen LogP contribution in [0.5, 0.6) is 0 Å². The topological polar surface area (TPSA) is 109 Å². The first-order valence-corrected chi connectivity index (χ1v) is 4.84. The second-order valence-electron chi connectivity index (χ2n) is 1.30. The molecule has 0 aliphatic heterocycles. The van der Waals surface area contributed by atoms with Crippen LogP contribution < -0.4 is 0 Å². The molecule has 0 aromatic heterocycles. The van der Waals surface area contributed by atoms with E-state index in [1.807, 2.05) is 0 Å². The van der Waals surface area contributed by atoms with Crippen molar-refractivity contribution in [2.45, 2.75) is 0 Å². The molecular formula is C2H5NaO6S2. The average Bonchev–Trinajstić information content (AvgIpc) is 1.57. The fourth-order valence-electron chi connectivity index (χ4n) is 0.140. The molecule has 0 saturated carbocycles. The molecule has 2 N–H and O–H groups in total. The Bertz CT molecular complexity index is 288. The second-order valence-corrected chi connectivity index (χ2v) is 3.91. The fraction of sp³-hybridized carbons (Fsp3) is 0. The fourth-order valence-corrected chi connectivity index (χ4v) is 1.26. The Morgan fingerprint density at radius 2 is 1.00 bits per heavy atom. The van der Waals surface area contributed by atoms with Gasteiger partial charge in [-0.05, 0) is 0 Å². The van der Waals surface area contributed by atoms with Crippen LogP contribution in [-0.4, -0.2) is 55.5 Å². The number of hydrogen-bond acceptors (Lipinski definition) is 4. The summed E-state index contributed by atoms with van der Waals surface area (Å²) in [5.41, 5.74) is 0. The summed E-state index contributed by atoms with van der Waals surface area (Å²) in [4.78, 5) is 0. The maximum absolute atomic E-state index is 9.77. The van der Waals surface area contributed by atoms with E-state index in [1.54, 1.807) is 0 Å². The Hall–Kier alpha value is 0.560. The maximum atomic E-state index is 9.77. The SMILES string of the molecule is O=S(=O)(O)C=CS(=O)(=O)O.[NaH]. The predicted octanol–water partition coefficient (Wildman–Crippen LogP) is -1.42. The van der Waals surface area contributed by atoms with Crippen LogP contribution in [0.2, 0.25) is 0 Å². The van der Waals surface area contributed by atoms with Crippen LogP contribution in [-0.2, 0) is 20.2 Å². The summed E-state index contributed by atoms with van der Waals surface area (Å²) in [6, 6.07) is 0. The van der Waals surface area contributed by atoms with Gasteiger partial charge in [-0.2, -0.15) is 16.8 Å². The van der Waals surface area contributed by atoms with Gasteiger partial charge < -0.3 is 0 Å². The molecule has 0 bridgehead atoms. The Morgan fingerprint density at radius 3 is 1.09 bits per heavy atom. The van der Waals surface area contributed by atoms with Crippen molar-refractivity contribution < 1.29 is 25.9 Å². The monoisotopic (exact) mass is 212 g/mol. The second kappa shape index (κ2) is 4.55. The molecule has 11 heavy (non-hydrogen) atoms. The first-order chi connectivity index (χ1) is 4.21. The number of hydrogen-bond donors (Lipinski definition) is 2. The van der Waals surface area contributed by atoms with E-state index in [4.69, 9.17) is 9.11 Å². The molecule has 0 saturated heterocycles. The van der Waals surface area contributed by atoms with Crippen LogP contribution in [0.25, 0.3) is 0 Å². The van der Waals surface area contributed by atoms with Crippen molar-refractivity contribution >= 4 is 49.8 Å². The predicted molar refractivity (Wildman–Crippen MR) is 39.4 cm³/mol. The van der Waals surface area contributed by atoms with Crippen molar-refractivity contribution in [2.75, 3.05) is 0 Å². The number of rotatable bonds is 2. The van der Waals surface area contributed by atoms with E-state index in [-0.39, 0.29) is 40.4 Å². The van der Waals surface area contributed by atoms with E-state index in [1.165, 1.54) is 0 Å². The molecule has 62 valence electrons. The Morgan fingerprint density at radius 1 is 0.818 bits per heavy atom. The van der Waals surface area contributed by atoms with Crippen molar-refractivity contribution in [1.82, 2.24) is 0 Å². The Kier molecular flexibility index (Phi) is 5.84. The van der Waals surface area contributed by atoms with E-state index >= 15 is 0 Å². The molecule has 0 fully saturated rings. The van der Waals surface area contributed by atoms with Gasteiger partial charge in [0.2, 0.25) is 0 Å². The molecule has 0 amide bonds. The molecule has 0 aromatic rings. The van der Waals surface area contributed by atoms with E-state index < -0.39 is 20.2 Å². The first-order valence-electron chi connectivity index (χ1n) is 1.84. The van der Waals surface area contributed by atoms with Gasteiger partial charge in [-0.15, -0.1) is 0 Å². The van der Waals surface area contributed by atoms with E-state index in [0.29, 0.717) is 0 Å². The van der Waals surface area contributed by atoms with Gasteiger partial charge >= 0.3 is 29.6 Å². The standard InChI is InChI=1S/C2H4O6S2.Na.H/c3-9(4,5)1-2-10(6,7)8;;/h1-2H,(H,3,4,5)(H,6,7,8);;. The third-order valence-electron chi connectivity index (χ3n) is 0.399. The summed E-state index contributed by atoms with van der Waals surface area (Å²) >= 11 is 0. The van der Waals surface area contributed by atoms with Gasteiger partial charge in [0.15, 0.2) is 0 Å². The van der Waals surface area contributed by atoms with Crippen LogP contribution in [0, 0.1) is 0 Å². The summed E-state index contributed by atoms with van der Waals surface area (Å²) in [7, 11) is -8.95. The third kappa shape index (κ3) is 13.5. The molecule has 0 rings (SSSR count). The minimum atomic E-state index is -4.48. The van der Waals surface area contributed by atoms with Crippen molar-refractivity contribution in [2.24, 2.45) is 0 Å². The molecule has 0 aliphatic carbocycles. The van der Waals surface area contributed by atoms with Crippen LogP contribution in [0.15, 0.2) is 10.8 Å². The third-order valence-corrected chi connectivity index (χ3v) is 1.53. The van der Waals surface area contributed by atoms with Crippen LogP contribution in [0.1, 0.15) is 0 Å². The molecule has 9 heteroatoms. The van der Waals surface area contributed by atoms with Gasteiger partial charge in [0.05, 0.1) is 10.8 Å². The molecular weight excluding hydrogens is 207 g/mol. The normalized spacial score (nSPS) is 12.9.